The van der Waals surface area contributed by atoms with Gasteiger partial charge in [0.25, 0.3) is 0 Å². The molecule has 3 aromatic rings. The Balaban J connectivity index is 2.27. The van der Waals surface area contributed by atoms with Crippen molar-refractivity contribution >= 4 is 38.2 Å². The van der Waals surface area contributed by atoms with E-state index in [-0.39, 0.29) is 0 Å². The molecular weight excluding hydrogens is 276 g/mol. The highest BCUT2D eigenvalue weighted by atomic mass is 79.9. The van der Waals surface area contributed by atoms with Crippen molar-refractivity contribution in [3.63, 3.8) is 0 Å². The second-order valence-corrected chi connectivity index (χ2v) is 5.26. The third-order valence-corrected chi connectivity index (χ3v) is 3.50. The summed E-state index contributed by atoms with van der Waals surface area (Å²) in [5.74, 6) is 0. The second kappa shape index (κ2) is 3.43. The topological polar surface area (TPSA) is 38.9 Å². The first-order chi connectivity index (χ1) is 7.34. The monoisotopic (exact) mass is 280 g/mol. The molecule has 3 rings (SSSR count). The standard InChI is InChI=1S/C10H5BrN2OS/c11-10-13-12-9(15-10)7-5-14-8-4-2-1-3-6(7)8/h1-5H. The summed E-state index contributed by atoms with van der Waals surface area (Å²) in [6.07, 6.45) is 1.72. The molecule has 0 amide bonds. The molecule has 0 aliphatic heterocycles. The minimum atomic E-state index is 0.780. The number of fused-ring (bicyclic) bond motifs is 1. The molecule has 0 fully saturated rings. The van der Waals surface area contributed by atoms with Gasteiger partial charge in [0.1, 0.15) is 11.8 Å². The zero-order valence-electron chi connectivity index (χ0n) is 7.48. The van der Waals surface area contributed by atoms with Gasteiger partial charge in [-0.25, -0.2) is 0 Å². The van der Waals surface area contributed by atoms with E-state index in [1.807, 2.05) is 24.3 Å². The summed E-state index contributed by atoms with van der Waals surface area (Å²) >= 11 is 4.79. The minimum Gasteiger partial charge on any atom is -0.464 e. The summed E-state index contributed by atoms with van der Waals surface area (Å²) in [7, 11) is 0. The lowest BCUT2D eigenvalue weighted by Crippen LogP contribution is -1.73. The van der Waals surface area contributed by atoms with Crippen LogP contribution < -0.4 is 0 Å². The zero-order valence-corrected chi connectivity index (χ0v) is 9.88. The van der Waals surface area contributed by atoms with Crippen molar-refractivity contribution in [1.82, 2.24) is 10.2 Å². The number of benzene rings is 1. The Morgan fingerprint density at radius 3 is 2.87 bits per heavy atom. The molecule has 0 unspecified atom stereocenters. The van der Waals surface area contributed by atoms with Crippen LogP contribution in [0.5, 0.6) is 0 Å². The summed E-state index contributed by atoms with van der Waals surface area (Å²) in [5, 5.41) is 9.93. The Morgan fingerprint density at radius 1 is 1.20 bits per heavy atom. The first-order valence-electron chi connectivity index (χ1n) is 4.30. The minimum absolute atomic E-state index is 0.780. The summed E-state index contributed by atoms with van der Waals surface area (Å²) in [4.78, 5) is 0. The molecule has 74 valence electrons. The van der Waals surface area contributed by atoms with E-state index in [2.05, 4.69) is 26.1 Å². The van der Waals surface area contributed by atoms with E-state index in [4.69, 9.17) is 4.42 Å². The van der Waals surface area contributed by atoms with Crippen LogP contribution in [0.15, 0.2) is 38.9 Å². The Hall–Kier alpha value is -1.20. The zero-order chi connectivity index (χ0) is 10.3. The highest BCUT2D eigenvalue weighted by molar-refractivity contribution is 9.11. The molecule has 2 heterocycles. The van der Waals surface area contributed by atoms with E-state index < -0.39 is 0 Å². The highest BCUT2D eigenvalue weighted by Gasteiger charge is 2.11. The number of nitrogens with zero attached hydrogens (tertiary/aromatic N) is 2. The average Bonchev–Trinajstić information content (AvgIpc) is 2.83. The summed E-state index contributed by atoms with van der Waals surface area (Å²) in [5.41, 5.74) is 1.87. The van der Waals surface area contributed by atoms with Crippen LogP contribution in [0.25, 0.3) is 21.5 Å². The quantitative estimate of drug-likeness (QED) is 0.682. The van der Waals surface area contributed by atoms with Gasteiger partial charge in [-0.2, -0.15) is 0 Å². The maximum Gasteiger partial charge on any atom is 0.183 e. The predicted octanol–water partition coefficient (Wildman–Crippen LogP) is 3.71. The Labute approximate surface area is 97.9 Å². The van der Waals surface area contributed by atoms with Gasteiger partial charge in [0.15, 0.2) is 8.92 Å². The van der Waals surface area contributed by atoms with Crippen molar-refractivity contribution in [2.45, 2.75) is 0 Å². The molecule has 1 aromatic carbocycles. The van der Waals surface area contributed by atoms with Crippen LogP contribution in [-0.4, -0.2) is 10.2 Å². The number of halogens is 1. The SMILES string of the molecule is Brc1nnc(-c2coc3ccccc23)s1. The number of hydrogen-bond acceptors (Lipinski definition) is 4. The molecule has 0 radical (unpaired) electrons. The van der Waals surface area contributed by atoms with Crippen molar-refractivity contribution in [3.8, 4) is 10.6 Å². The lowest BCUT2D eigenvalue weighted by atomic mass is 10.2. The van der Waals surface area contributed by atoms with Crippen LogP contribution in [0.1, 0.15) is 0 Å². The van der Waals surface area contributed by atoms with E-state index >= 15 is 0 Å². The van der Waals surface area contributed by atoms with Gasteiger partial charge in [-0.1, -0.05) is 29.5 Å². The van der Waals surface area contributed by atoms with Crippen LogP contribution >= 0.6 is 27.3 Å². The van der Waals surface area contributed by atoms with E-state index in [9.17, 15) is 0 Å². The van der Waals surface area contributed by atoms with Crippen molar-refractivity contribution < 1.29 is 4.42 Å². The third kappa shape index (κ3) is 1.48. The van der Waals surface area contributed by atoms with Gasteiger partial charge in [0.2, 0.25) is 0 Å². The molecule has 0 atom stereocenters. The van der Waals surface area contributed by atoms with Gasteiger partial charge >= 0.3 is 0 Å². The normalized spacial score (nSPS) is 11.0. The molecule has 0 aliphatic carbocycles. The maximum atomic E-state index is 5.44. The van der Waals surface area contributed by atoms with Crippen LogP contribution in [0.2, 0.25) is 0 Å². The van der Waals surface area contributed by atoms with Crippen molar-refractivity contribution in [2.75, 3.05) is 0 Å². The fourth-order valence-corrected chi connectivity index (χ4v) is 2.59. The van der Waals surface area contributed by atoms with Gasteiger partial charge < -0.3 is 4.42 Å². The number of hydrogen-bond donors (Lipinski definition) is 0. The lowest BCUT2D eigenvalue weighted by molar-refractivity contribution is 0.617. The summed E-state index contributed by atoms with van der Waals surface area (Å²) in [6.45, 7) is 0. The molecular formula is C10H5BrN2OS. The third-order valence-electron chi connectivity index (χ3n) is 2.11. The van der Waals surface area contributed by atoms with Crippen LogP contribution in [0, 0.1) is 0 Å². The Morgan fingerprint density at radius 2 is 2.07 bits per heavy atom. The number of furan rings is 1. The van der Waals surface area contributed by atoms with Gasteiger partial charge in [0, 0.05) is 5.39 Å². The van der Waals surface area contributed by atoms with Crippen molar-refractivity contribution in [2.24, 2.45) is 0 Å². The number of rotatable bonds is 1. The van der Waals surface area contributed by atoms with Crippen molar-refractivity contribution in [3.05, 3.63) is 34.4 Å². The molecule has 0 bridgehead atoms. The smallest absolute Gasteiger partial charge is 0.183 e. The van der Waals surface area contributed by atoms with Gasteiger partial charge in [-0.15, -0.1) is 10.2 Å². The maximum absolute atomic E-state index is 5.44. The molecule has 2 aromatic heterocycles. The molecule has 0 N–H and O–H groups in total. The molecule has 5 heteroatoms. The summed E-state index contributed by atoms with van der Waals surface area (Å²) < 4.78 is 6.22. The Kier molecular flexibility index (Phi) is 2.07. The first kappa shape index (κ1) is 9.06. The molecule has 3 nitrogen and oxygen atoms in total. The Bertz CT molecular complexity index is 616. The van der Waals surface area contributed by atoms with Crippen LogP contribution in [0.3, 0.4) is 0 Å². The molecule has 15 heavy (non-hydrogen) atoms. The lowest BCUT2D eigenvalue weighted by Gasteiger charge is -1.89. The van der Waals surface area contributed by atoms with Crippen LogP contribution in [-0.2, 0) is 0 Å². The largest absolute Gasteiger partial charge is 0.464 e. The second-order valence-electron chi connectivity index (χ2n) is 3.01. The molecule has 0 saturated carbocycles. The van der Waals surface area contributed by atoms with E-state index in [0.29, 0.717) is 0 Å². The van der Waals surface area contributed by atoms with E-state index in [1.165, 1.54) is 11.3 Å². The van der Waals surface area contributed by atoms with E-state index in [0.717, 1.165) is 25.5 Å². The van der Waals surface area contributed by atoms with Crippen molar-refractivity contribution in [1.29, 1.82) is 0 Å². The fourth-order valence-electron chi connectivity index (χ4n) is 1.46. The van der Waals surface area contributed by atoms with E-state index in [1.54, 1.807) is 6.26 Å². The molecule has 0 spiro atoms. The highest BCUT2D eigenvalue weighted by Crippen LogP contribution is 2.33. The van der Waals surface area contributed by atoms with Gasteiger partial charge in [0.05, 0.1) is 5.56 Å². The number of para-hydroxylation sites is 1. The molecule has 0 saturated heterocycles. The van der Waals surface area contributed by atoms with Gasteiger partial charge in [-0.3, -0.25) is 0 Å². The predicted molar refractivity (Wildman–Crippen MR) is 62.8 cm³/mol. The first-order valence-corrected chi connectivity index (χ1v) is 5.91. The van der Waals surface area contributed by atoms with Gasteiger partial charge in [-0.05, 0) is 22.0 Å². The fraction of sp³-hybridized carbons (Fsp3) is 0. The summed E-state index contributed by atoms with van der Waals surface area (Å²) in [6, 6.07) is 7.89. The molecule has 0 aliphatic rings. The number of aromatic nitrogens is 2. The average molecular weight is 281 g/mol. The van der Waals surface area contributed by atoms with Crippen LogP contribution in [0.4, 0.5) is 0 Å².